The average molecular weight is 821 g/mol. The van der Waals surface area contributed by atoms with Crippen LogP contribution in [-0.4, -0.2) is 132 Å². The van der Waals surface area contributed by atoms with Crippen molar-refractivity contribution >= 4 is 0 Å². The summed E-state index contributed by atoms with van der Waals surface area (Å²) >= 11 is 0. The van der Waals surface area contributed by atoms with Gasteiger partial charge in [0.05, 0.1) is 16.7 Å². The number of nitrogens with two attached hydrogens (primary N) is 5. The van der Waals surface area contributed by atoms with E-state index in [1.54, 1.807) is 13.8 Å². The van der Waals surface area contributed by atoms with E-state index in [4.69, 9.17) is 28.7 Å². The first-order chi connectivity index (χ1) is 24.8. The van der Waals surface area contributed by atoms with Crippen LogP contribution in [0.4, 0.5) is 0 Å². The zero-order valence-electron chi connectivity index (χ0n) is 40.6. The summed E-state index contributed by atoms with van der Waals surface area (Å²) in [6, 6.07) is 0.330. The van der Waals surface area contributed by atoms with Gasteiger partial charge in [-0.3, -0.25) is 0 Å². The van der Waals surface area contributed by atoms with Crippen molar-refractivity contribution in [3.63, 3.8) is 0 Å². The third-order valence-corrected chi connectivity index (χ3v) is 12.8. The molecule has 15 heteroatoms. The molecule has 4 fully saturated rings. The number of piperidine rings is 2. The molecular weight excluding hydrogens is 725 g/mol. The van der Waals surface area contributed by atoms with Crippen molar-refractivity contribution in [2.45, 2.75) is 258 Å². The molecule has 57 heavy (non-hydrogen) atoms. The Bertz CT molecular complexity index is 1210. The van der Waals surface area contributed by atoms with Crippen LogP contribution in [0, 0.1) is 5.92 Å². The van der Waals surface area contributed by atoms with Crippen LogP contribution in [0.2, 0.25) is 0 Å². The number of hydrogen-bond donors (Lipinski definition) is 10. The minimum Gasteiger partial charge on any atom is -0.330 e. The first-order valence-corrected chi connectivity index (χ1v) is 21.0. The first kappa shape index (κ1) is 56.4. The Hall–Kier alpha value is -0.600. The van der Waals surface area contributed by atoms with E-state index in [0.717, 1.165) is 43.6 Å². The summed E-state index contributed by atoms with van der Waals surface area (Å²) in [6.07, 6.45) is 5.45. The predicted octanol–water partition coefficient (Wildman–Crippen LogP) is 6.06. The van der Waals surface area contributed by atoms with Crippen LogP contribution in [-0.2, 0) is 0 Å². The summed E-state index contributed by atoms with van der Waals surface area (Å²) in [5.41, 5.74) is 26.4. The molecule has 0 bridgehead atoms. The quantitative estimate of drug-likeness (QED) is 0.112. The highest BCUT2D eigenvalue weighted by Crippen LogP contribution is 2.43. The maximum atomic E-state index is 9.89. The molecule has 0 aromatic carbocycles. The molecule has 4 aliphatic rings. The smallest absolute Gasteiger partial charge is 0.0874 e. The van der Waals surface area contributed by atoms with Crippen molar-refractivity contribution in [1.29, 1.82) is 0 Å². The molecule has 4 heterocycles. The van der Waals surface area contributed by atoms with E-state index in [0.29, 0.717) is 12.5 Å². The van der Waals surface area contributed by atoms with Gasteiger partial charge >= 0.3 is 0 Å². The SMILES string of the molecule is CC(C)(C)N(O)C(C)(C)N.CC1(C)CC(CN)C(C)(C)N1O.CC1(C)CC(N)C(C)(C)N1O.CC1(C)CC(N)CC(C)(C)N1O.CC1(C)CCC(N)C(C)(C)N1O. The maximum Gasteiger partial charge on any atom is 0.0874 e. The molecule has 0 saturated carbocycles. The van der Waals surface area contributed by atoms with Crippen LogP contribution in [0.1, 0.15) is 184 Å². The van der Waals surface area contributed by atoms with Crippen molar-refractivity contribution < 1.29 is 26.0 Å². The number of hydrogen-bond acceptors (Lipinski definition) is 15. The molecule has 0 amide bonds. The van der Waals surface area contributed by atoms with Crippen molar-refractivity contribution in [2.75, 3.05) is 6.54 Å². The second-order valence-electron chi connectivity index (χ2n) is 23.7. The second-order valence-corrected chi connectivity index (χ2v) is 23.7. The van der Waals surface area contributed by atoms with Crippen molar-refractivity contribution in [3.05, 3.63) is 0 Å². The molecule has 344 valence electrons. The van der Waals surface area contributed by atoms with E-state index in [-0.39, 0.29) is 68.0 Å². The summed E-state index contributed by atoms with van der Waals surface area (Å²) in [5.74, 6) is 0.387. The van der Waals surface area contributed by atoms with Crippen LogP contribution in [0.5, 0.6) is 0 Å². The lowest BCUT2D eigenvalue weighted by Crippen LogP contribution is -2.65. The number of rotatable bonds is 2. The van der Waals surface area contributed by atoms with Crippen LogP contribution in [0.3, 0.4) is 0 Å². The summed E-state index contributed by atoms with van der Waals surface area (Å²) in [5, 5.41) is 55.6. The molecule has 15 nitrogen and oxygen atoms in total. The fourth-order valence-electron chi connectivity index (χ4n) is 9.19. The molecule has 0 radical (unpaired) electrons. The molecule has 0 aromatic heterocycles. The van der Waals surface area contributed by atoms with Gasteiger partial charge in [0.1, 0.15) is 0 Å². The summed E-state index contributed by atoms with van der Waals surface area (Å²) in [6.45, 7) is 42.1. The molecule has 0 aromatic rings. The van der Waals surface area contributed by atoms with Crippen LogP contribution in [0.25, 0.3) is 0 Å². The van der Waals surface area contributed by atoms with Gasteiger partial charge in [0.15, 0.2) is 0 Å². The molecule has 3 atom stereocenters. The maximum absolute atomic E-state index is 9.89. The molecule has 3 unspecified atom stereocenters. The van der Waals surface area contributed by atoms with E-state index in [9.17, 15) is 26.0 Å². The molecular formula is C42H96N10O5. The lowest BCUT2D eigenvalue weighted by atomic mass is 9.79. The average Bonchev–Trinajstić information content (AvgIpc) is 3.27. The highest BCUT2D eigenvalue weighted by Gasteiger charge is 2.51. The van der Waals surface area contributed by atoms with Gasteiger partial charge in [-0.25, -0.2) is 0 Å². The van der Waals surface area contributed by atoms with Gasteiger partial charge in [-0.05, 0) is 196 Å². The highest BCUT2D eigenvalue weighted by atomic mass is 16.5. The molecule has 0 spiro atoms. The van der Waals surface area contributed by atoms with Crippen LogP contribution < -0.4 is 28.7 Å². The molecule has 15 N–H and O–H groups in total. The lowest BCUT2D eigenvalue weighted by molar-refractivity contribution is -0.246. The third-order valence-electron chi connectivity index (χ3n) is 12.8. The fourth-order valence-corrected chi connectivity index (χ4v) is 9.19. The number of nitrogens with zero attached hydrogens (tertiary/aromatic N) is 5. The Kier molecular flexibility index (Phi) is 18.6. The normalized spacial score (nSPS) is 30.4. The number of hydroxylamine groups is 10. The Morgan fingerprint density at radius 1 is 0.526 bits per heavy atom. The van der Waals surface area contributed by atoms with Gasteiger partial charge < -0.3 is 54.7 Å². The Labute approximate surface area is 349 Å². The first-order valence-electron chi connectivity index (χ1n) is 21.0. The van der Waals surface area contributed by atoms with Gasteiger partial charge in [0.2, 0.25) is 0 Å². The lowest BCUT2D eigenvalue weighted by Gasteiger charge is -2.51. The minimum absolute atomic E-state index is 0.0579. The zero-order valence-corrected chi connectivity index (χ0v) is 40.6. The standard InChI is InChI=1S/3C9H20N2O.C8H18N2O.C7H18N2O/c1-8(2)5-7(6-10)9(3,4)11(8)12;1-8(2)5-7(10)6-9(3,4)11(8)12;1-8(2)6-5-7(10)9(3,4)11(8)12;1-7(2)5-6(9)8(3,4)10(7)11;1-6(2,3)9(10)7(4,5)8/h3*7,12H,5-6,10H2,1-4H3;6,11H,5,9H2,1-4H3;10H,8H2,1-5H3. The molecule has 4 saturated heterocycles. The van der Waals surface area contributed by atoms with Crippen molar-refractivity contribution in [3.8, 4) is 0 Å². The monoisotopic (exact) mass is 821 g/mol. The summed E-state index contributed by atoms with van der Waals surface area (Å²) < 4.78 is 0. The van der Waals surface area contributed by atoms with E-state index in [1.807, 2.05) is 132 Å². The minimum atomic E-state index is -0.668. The zero-order chi connectivity index (χ0) is 46.1. The largest absolute Gasteiger partial charge is 0.330 e. The van der Waals surface area contributed by atoms with Crippen molar-refractivity contribution in [1.82, 2.24) is 25.3 Å². The van der Waals surface area contributed by atoms with Gasteiger partial charge in [-0.2, -0.15) is 25.3 Å². The third kappa shape index (κ3) is 14.2. The topological polar surface area (TPSA) is 247 Å². The Morgan fingerprint density at radius 3 is 1.07 bits per heavy atom. The van der Waals surface area contributed by atoms with E-state index >= 15 is 0 Å². The van der Waals surface area contributed by atoms with Crippen LogP contribution >= 0.6 is 0 Å². The predicted molar refractivity (Wildman–Crippen MR) is 233 cm³/mol. The van der Waals surface area contributed by atoms with Crippen molar-refractivity contribution in [2.24, 2.45) is 34.6 Å². The van der Waals surface area contributed by atoms with Gasteiger partial charge in [-0.15, -0.1) is 0 Å². The Balaban J connectivity index is 0.000000689. The molecule has 4 rings (SSSR count). The van der Waals surface area contributed by atoms with Crippen LogP contribution in [0.15, 0.2) is 0 Å². The molecule has 0 aliphatic carbocycles. The summed E-state index contributed by atoms with van der Waals surface area (Å²) in [4.78, 5) is 0. The molecule has 4 aliphatic heterocycles. The van der Waals surface area contributed by atoms with Gasteiger partial charge in [0, 0.05) is 56.9 Å². The van der Waals surface area contributed by atoms with Gasteiger partial charge in [0.25, 0.3) is 0 Å². The highest BCUT2D eigenvalue weighted by molar-refractivity contribution is 5.05. The second kappa shape index (κ2) is 18.8. The van der Waals surface area contributed by atoms with E-state index in [1.165, 1.54) is 20.3 Å². The van der Waals surface area contributed by atoms with Gasteiger partial charge in [-0.1, -0.05) is 0 Å². The fraction of sp³-hybridized carbons (Fsp3) is 1.00. The Morgan fingerprint density at radius 2 is 0.860 bits per heavy atom. The summed E-state index contributed by atoms with van der Waals surface area (Å²) in [7, 11) is 0. The van der Waals surface area contributed by atoms with E-state index < -0.39 is 5.66 Å². The van der Waals surface area contributed by atoms with E-state index in [2.05, 4.69) is 0 Å².